The van der Waals surface area contributed by atoms with Crippen LogP contribution in [0.4, 0.5) is 0 Å². The summed E-state index contributed by atoms with van der Waals surface area (Å²) in [6.07, 6.45) is 2.27. The van der Waals surface area contributed by atoms with Gasteiger partial charge < -0.3 is 9.84 Å². The first-order chi connectivity index (χ1) is 16.2. The molecule has 0 saturated heterocycles. The molecule has 1 aromatic heterocycles. The highest BCUT2D eigenvalue weighted by Crippen LogP contribution is 2.49. The van der Waals surface area contributed by atoms with E-state index in [9.17, 15) is 5.11 Å². The minimum Gasteiger partial charge on any atom is -0.377 e. The van der Waals surface area contributed by atoms with Crippen molar-refractivity contribution < 1.29 is 14.4 Å². The molecule has 1 heterocycles. The molecule has 1 N–H and O–H groups in total. The van der Waals surface area contributed by atoms with Gasteiger partial charge in [0.25, 0.3) is 6.23 Å². The molecular formula is C31H34NO2+. The highest BCUT2D eigenvalue weighted by atomic mass is 16.5. The molecule has 2 atom stereocenters. The number of aliphatic hydroxyl groups excluding tert-OH is 1. The van der Waals surface area contributed by atoms with Crippen LogP contribution in [0.2, 0.25) is 0 Å². The first-order valence-corrected chi connectivity index (χ1v) is 12.1. The van der Waals surface area contributed by atoms with Crippen LogP contribution in [0.1, 0.15) is 58.1 Å². The Bertz CT molecular complexity index is 1390. The topological polar surface area (TPSA) is 33.3 Å². The van der Waals surface area contributed by atoms with Crippen molar-refractivity contribution in [1.29, 1.82) is 0 Å². The Balaban J connectivity index is 2.03. The van der Waals surface area contributed by atoms with Crippen LogP contribution in [0.3, 0.4) is 0 Å². The van der Waals surface area contributed by atoms with Crippen molar-refractivity contribution in [2.75, 3.05) is 7.11 Å². The third kappa shape index (κ3) is 3.64. The summed E-state index contributed by atoms with van der Waals surface area (Å²) in [5, 5.41) is 13.4. The summed E-state index contributed by atoms with van der Waals surface area (Å²) >= 11 is 0. The Kier molecular flexibility index (Phi) is 5.58. The Morgan fingerprint density at radius 1 is 0.853 bits per heavy atom. The lowest BCUT2D eigenvalue weighted by molar-refractivity contribution is -0.745. The number of pyridine rings is 1. The average molecular weight is 453 g/mol. The van der Waals surface area contributed by atoms with Gasteiger partial charge in [0.05, 0.1) is 17.1 Å². The van der Waals surface area contributed by atoms with E-state index in [4.69, 9.17) is 4.74 Å². The lowest BCUT2D eigenvalue weighted by Gasteiger charge is -2.21. The summed E-state index contributed by atoms with van der Waals surface area (Å²) in [5.41, 5.74) is 9.64. The van der Waals surface area contributed by atoms with Crippen molar-refractivity contribution in [3.05, 3.63) is 78.0 Å². The minimum absolute atomic E-state index is 0.0841. The third-order valence-electron chi connectivity index (χ3n) is 6.99. The molecule has 0 aliphatic heterocycles. The van der Waals surface area contributed by atoms with Crippen molar-refractivity contribution in [2.45, 2.75) is 53.4 Å². The molecule has 1 aliphatic carbocycles. The Hall–Kier alpha value is -3.01. The maximum absolute atomic E-state index is 10.9. The van der Waals surface area contributed by atoms with Gasteiger partial charge in [-0.15, -0.1) is 0 Å². The molecule has 5 rings (SSSR count). The highest BCUT2D eigenvalue weighted by Gasteiger charge is 2.33. The van der Waals surface area contributed by atoms with Crippen molar-refractivity contribution in [1.82, 2.24) is 0 Å². The van der Waals surface area contributed by atoms with Crippen molar-refractivity contribution in [2.24, 2.45) is 5.41 Å². The minimum atomic E-state index is -0.668. The van der Waals surface area contributed by atoms with Gasteiger partial charge in [0, 0.05) is 20.1 Å². The number of aliphatic hydroxyl groups is 1. The maximum atomic E-state index is 10.9. The van der Waals surface area contributed by atoms with Crippen molar-refractivity contribution >= 4 is 10.8 Å². The van der Waals surface area contributed by atoms with Crippen molar-refractivity contribution in [3.8, 4) is 33.5 Å². The normalized spacial score (nSPS) is 14.3. The third-order valence-corrected chi connectivity index (χ3v) is 6.99. The fraction of sp³-hybridized carbons (Fsp3) is 0.323. The fourth-order valence-corrected chi connectivity index (χ4v) is 5.46. The molecule has 3 nitrogen and oxygen atoms in total. The van der Waals surface area contributed by atoms with E-state index in [0.29, 0.717) is 0 Å². The Labute approximate surface area is 202 Å². The van der Waals surface area contributed by atoms with Crippen LogP contribution >= 0.6 is 0 Å². The number of hydrogen-bond donors (Lipinski definition) is 1. The van der Waals surface area contributed by atoms with E-state index >= 15 is 0 Å². The average Bonchev–Trinajstić information content (AvgIpc) is 2.93. The largest absolute Gasteiger partial charge is 0.377 e. The quantitative estimate of drug-likeness (QED) is 0.291. The summed E-state index contributed by atoms with van der Waals surface area (Å²) in [6, 6.07) is 21.9. The molecule has 4 aromatic rings. The molecule has 0 amide bonds. The van der Waals surface area contributed by atoms with E-state index in [1.807, 2.05) is 17.7 Å². The molecule has 0 fully saturated rings. The van der Waals surface area contributed by atoms with E-state index < -0.39 is 6.23 Å². The van der Waals surface area contributed by atoms with Gasteiger partial charge in [-0.1, -0.05) is 75.4 Å². The predicted molar refractivity (Wildman–Crippen MR) is 140 cm³/mol. The lowest BCUT2D eigenvalue weighted by atomic mass is 9.84. The number of rotatable bonds is 4. The molecule has 3 aromatic carbocycles. The van der Waals surface area contributed by atoms with Gasteiger partial charge in [0.1, 0.15) is 0 Å². The number of aromatic nitrogens is 1. The Morgan fingerprint density at radius 3 is 2.18 bits per heavy atom. The summed E-state index contributed by atoms with van der Waals surface area (Å²) in [4.78, 5) is 0. The molecule has 0 unspecified atom stereocenters. The van der Waals surface area contributed by atoms with E-state index in [-0.39, 0.29) is 11.5 Å². The molecular weight excluding hydrogens is 418 g/mol. The summed E-state index contributed by atoms with van der Waals surface area (Å²) in [5.74, 6) is 0. The molecule has 1 aliphatic rings. The zero-order valence-electron chi connectivity index (χ0n) is 21.0. The Morgan fingerprint density at radius 2 is 1.53 bits per heavy atom. The second-order valence-electron chi connectivity index (χ2n) is 10.7. The number of nitrogens with zero attached hydrogens (tertiary/aromatic N) is 1. The monoisotopic (exact) mass is 452 g/mol. The van der Waals surface area contributed by atoms with Gasteiger partial charge >= 0.3 is 0 Å². The summed E-state index contributed by atoms with van der Waals surface area (Å²) in [6.45, 7) is 10.8. The van der Waals surface area contributed by atoms with Gasteiger partial charge in [-0.25, -0.2) is 0 Å². The molecule has 174 valence electrons. The first-order valence-electron chi connectivity index (χ1n) is 12.1. The molecule has 0 spiro atoms. The molecule has 0 radical (unpaired) electrons. The van der Waals surface area contributed by atoms with Crippen molar-refractivity contribution in [3.63, 3.8) is 0 Å². The maximum Gasteiger partial charge on any atom is 0.257 e. The number of methoxy groups -OCH3 is 1. The van der Waals surface area contributed by atoms with E-state index in [1.54, 1.807) is 7.11 Å². The van der Waals surface area contributed by atoms with Gasteiger partial charge in [-0.3, -0.25) is 0 Å². The smallest absolute Gasteiger partial charge is 0.257 e. The standard InChI is InChI=1S/C31H34NO2/c1-19(34-6)22-12-9-13-26-24-10-7-8-11-25(24)27-15-14-21(18-31(3,4)5)23-16-17-32(20(2)33)30(28(22)26)29(23)27/h7-17,19-20,33H,18H2,1-6H3/q+1/t19-,20+/m1/s1. The van der Waals surface area contributed by atoms with Gasteiger partial charge in [0.2, 0.25) is 5.69 Å². The van der Waals surface area contributed by atoms with Gasteiger partial charge in [-0.05, 0) is 57.5 Å². The van der Waals surface area contributed by atoms with E-state index in [1.165, 1.54) is 38.6 Å². The molecule has 0 bridgehead atoms. The van der Waals surface area contributed by atoms with E-state index in [2.05, 4.69) is 88.4 Å². The fourth-order valence-electron chi connectivity index (χ4n) is 5.46. The number of hydrogen-bond acceptors (Lipinski definition) is 2. The number of benzene rings is 3. The second-order valence-corrected chi connectivity index (χ2v) is 10.7. The van der Waals surface area contributed by atoms with Crippen LogP contribution in [-0.2, 0) is 11.2 Å². The first kappa shape index (κ1) is 22.8. The second kappa shape index (κ2) is 8.33. The van der Waals surface area contributed by atoms with Gasteiger partial charge in [-0.2, -0.15) is 4.57 Å². The van der Waals surface area contributed by atoms with Crippen LogP contribution in [-0.4, -0.2) is 12.2 Å². The SMILES string of the molecule is CO[C@H](C)c1cccc2c1-c1c3c(ccc(CC(C)(C)C)c3cc[n+]1[C@H](C)O)-c1ccccc1-2. The van der Waals surface area contributed by atoms with Crippen LogP contribution in [0, 0.1) is 5.41 Å². The van der Waals surface area contributed by atoms with Crippen LogP contribution < -0.4 is 4.57 Å². The number of ether oxygens (including phenoxy) is 1. The highest BCUT2D eigenvalue weighted by molar-refractivity contribution is 6.12. The molecule has 3 heteroatoms. The zero-order chi connectivity index (χ0) is 24.2. The predicted octanol–water partition coefficient (Wildman–Crippen LogP) is 7.25. The van der Waals surface area contributed by atoms with Gasteiger partial charge in [0.15, 0.2) is 6.20 Å². The van der Waals surface area contributed by atoms with Crippen LogP contribution in [0.25, 0.3) is 44.3 Å². The zero-order valence-corrected chi connectivity index (χ0v) is 21.0. The summed E-state index contributed by atoms with van der Waals surface area (Å²) in [7, 11) is 1.76. The lowest BCUT2D eigenvalue weighted by Crippen LogP contribution is -2.40. The summed E-state index contributed by atoms with van der Waals surface area (Å²) < 4.78 is 7.85. The van der Waals surface area contributed by atoms with E-state index in [0.717, 1.165) is 23.2 Å². The molecule has 0 saturated carbocycles. The molecule has 34 heavy (non-hydrogen) atoms. The number of fused-ring (bicyclic) bond motifs is 5. The van der Waals surface area contributed by atoms with Crippen LogP contribution in [0.15, 0.2) is 66.9 Å². The van der Waals surface area contributed by atoms with Crippen LogP contribution in [0.5, 0.6) is 0 Å².